The van der Waals surface area contributed by atoms with Gasteiger partial charge in [-0.05, 0) is 46.0 Å². The van der Waals surface area contributed by atoms with Gasteiger partial charge in [0.1, 0.15) is 16.6 Å². The number of aromatic nitrogens is 3. The number of Topliss-reactive ketones (excluding diaryl/α,β-unsaturated/α-hetero) is 1. The van der Waals surface area contributed by atoms with Crippen LogP contribution in [0.1, 0.15) is 56.8 Å². The van der Waals surface area contributed by atoms with Crippen LogP contribution in [-0.2, 0) is 4.74 Å². The molecule has 1 aliphatic rings. The molecule has 0 aliphatic heterocycles. The van der Waals surface area contributed by atoms with Gasteiger partial charge in [0.25, 0.3) is 0 Å². The van der Waals surface area contributed by atoms with Crippen molar-refractivity contribution in [1.82, 2.24) is 14.6 Å². The number of halogens is 1. The van der Waals surface area contributed by atoms with Crippen molar-refractivity contribution < 1.29 is 19.4 Å². The molecule has 2 aromatic heterocycles. The molecule has 3 rings (SSSR count). The summed E-state index contributed by atoms with van der Waals surface area (Å²) in [7, 11) is 1.54. The number of ketones is 1. The van der Waals surface area contributed by atoms with Gasteiger partial charge < -0.3 is 9.84 Å². The third-order valence-corrected chi connectivity index (χ3v) is 4.91. The Labute approximate surface area is 168 Å². The number of hydrogen-bond acceptors (Lipinski definition) is 6. The number of rotatable bonds is 4. The van der Waals surface area contributed by atoms with Crippen molar-refractivity contribution >= 4 is 34.9 Å². The van der Waals surface area contributed by atoms with E-state index in [0.29, 0.717) is 29.9 Å². The number of aliphatic hydroxyl groups excluding tert-OH is 1. The highest BCUT2D eigenvalue weighted by Gasteiger charge is 2.28. The van der Waals surface area contributed by atoms with Gasteiger partial charge in [-0.15, -0.1) is 0 Å². The van der Waals surface area contributed by atoms with E-state index in [1.54, 1.807) is 27.8 Å². The Morgan fingerprint density at radius 1 is 1.39 bits per heavy atom. The van der Waals surface area contributed by atoms with E-state index in [0.717, 1.165) is 12.8 Å². The van der Waals surface area contributed by atoms with Gasteiger partial charge in [0.05, 0.1) is 17.9 Å². The Bertz CT molecular complexity index is 905. The highest BCUT2D eigenvalue weighted by Crippen LogP contribution is 2.30. The Hall–Kier alpha value is -2.19. The number of hydrogen-bond donors (Lipinski definition) is 1. The van der Waals surface area contributed by atoms with Crippen molar-refractivity contribution in [2.24, 2.45) is 5.92 Å². The molecule has 1 N–H and O–H groups in total. The van der Waals surface area contributed by atoms with E-state index in [1.165, 1.54) is 21.7 Å². The molecule has 0 unspecified atom stereocenters. The van der Waals surface area contributed by atoms with Crippen molar-refractivity contribution in [3.05, 3.63) is 23.0 Å². The van der Waals surface area contributed by atoms with Crippen LogP contribution in [0.5, 0.6) is 0 Å². The fourth-order valence-electron chi connectivity index (χ4n) is 3.38. The third-order valence-electron chi connectivity index (χ3n) is 4.72. The number of ether oxygens (including phenoxy) is 1. The average Bonchev–Trinajstić information content (AvgIpc) is 3.17. The quantitative estimate of drug-likeness (QED) is 0.614. The molecule has 2 heterocycles. The number of fused-ring (bicyclic) bond motifs is 1. The van der Waals surface area contributed by atoms with E-state index in [1.807, 2.05) is 0 Å². The first-order valence-corrected chi connectivity index (χ1v) is 9.65. The number of carbonyl (C=O) groups excluding carboxylic acids is 2. The predicted molar refractivity (Wildman–Crippen MR) is 105 cm³/mol. The lowest BCUT2D eigenvalue weighted by molar-refractivity contribution is 0.0587. The van der Waals surface area contributed by atoms with Crippen LogP contribution in [0, 0.1) is 5.92 Å². The van der Waals surface area contributed by atoms with E-state index >= 15 is 0 Å². The Morgan fingerprint density at radius 3 is 2.71 bits per heavy atom. The lowest BCUT2D eigenvalue weighted by Gasteiger charge is -2.24. The summed E-state index contributed by atoms with van der Waals surface area (Å²) in [6.07, 6.45) is 3.05. The SMILES string of the molecule is CN(C(=O)OC(C)(C)C)c1cc(Cl)nc2c(C(=O)C[C@@H]3CC[C@@H](O)C3)cnn12. The van der Waals surface area contributed by atoms with E-state index in [-0.39, 0.29) is 23.0 Å². The van der Waals surface area contributed by atoms with Gasteiger partial charge in [-0.1, -0.05) is 11.6 Å². The second-order valence-corrected chi connectivity index (χ2v) is 8.62. The van der Waals surface area contributed by atoms with Crippen LogP contribution in [0.2, 0.25) is 5.15 Å². The van der Waals surface area contributed by atoms with Crippen LogP contribution in [0.15, 0.2) is 12.3 Å². The van der Waals surface area contributed by atoms with Crippen LogP contribution < -0.4 is 4.90 Å². The molecule has 0 aromatic carbocycles. The molecular weight excluding hydrogens is 384 g/mol. The van der Waals surface area contributed by atoms with Gasteiger partial charge in [0, 0.05) is 19.5 Å². The van der Waals surface area contributed by atoms with Crippen LogP contribution in [0.4, 0.5) is 10.6 Å². The molecule has 0 bridgehead atoms. The average molecular weight is 409 g/mol. The monoisotopic (exact) mass is 408 g/mol. The minimum atomic E-state index is -0.654. The fraction of sp³-hybridized carbons (Fsp3) is 0.579. The summed E-state index contributed by atoms with van der Waals surface area (Å²) < 4.78 is 6.80. The predicted octanol–water partition coefficient (Wildman–Crippen LogP) is 3.49. The first-order chi connectivity index (χ1) is 13.0. The van der Waals surface area contributed by atoms with Gasteiger partial charge in [0.15, 0.2) is 11.4 Å². The van der Waals surface area contributed by atoms with Gasteiger partial charge in [-0.3, -0.25) is 9.69 Å². The molecule has 28 heavy (non-hydrogen) atoms. The van der Waals surface area contributed by atoms with Crippen molar-refractivity contribution in [2.75, 3.05) is 11.9 Å². The maximum absolute atomic E-state index is 12.8. The van der Waals surface area contributed by atoms with Crippen LogP contribution in [0.3, 0.4) is 0 Å². The summed E-state index contributed by atoms with van der Waals surface area (Å²) in [6.45, 7) is 5.33. The van der Waals surface area contributed by atoms with E-state index in [9.17, 15) is 14.7 Å². The summed E-state index contributed by atoms with van der Waals surface area (Å²) in [5, 5.41) is 14.1. The van der Waals surface area contributed by atoms with Gasteiger partial charge in [0.2, 0.25) is 0 Å². The Balaban J connectivity index is 1.90. The standard InChI is InChI=1S/C19H25ClN4O4/c1-19(2,3)28-18(27)23(4)16-9-15(20)22-17-13(10-21-24(16)17)14(26)8-11-5-6-12(25)7-11/h9-12,25H,5-8H2,1-4H3/t11-,12-/m1/s1. The molecule has 0 radical (unpaired) electrons. The van der Waals surface area contributed by atoms with Crippen molar-refractivity contribution in [1.29, 1.82) is 0 Å². The maximum Gasteiger partial charge on any atom is 0.415 e. The smallest absolute Gasteiger partial charge is 0.415 e. The highest BCUT2D eigenvalue weighted by molar-refractivity contribution is 6.30. The molecule has 2 aromatic rings. The summed E-state index contributed by atoms with van der Waals surface area (Å²) in [5.41, 5.74) is -0.0116. The normalized spacial score (nSPS) is 19.8. The Morgan fingerprint density at radius 2 is 2.11 bits per heavy atom. The number of carbonyl (C=O) groups is 2. The van der Waals surface area contributed by atoms with Gasteiger partial charge >= 0.3 is 6.09 Å². The minimum Gasteiger partial charge on any atom is -0.443 e. The lowest BCUT2D eigenvalue weighted by atomic mass is 9.98. The molecule has 1 aliphatic carbocycles. The topological polar surface area (TPSA) is 97.0 Å². The summed E-state index contributed by atoms with van der Waals surface area (Å²) in [5.74, 6) is 0.398. The van der Waals surface area contributed by atoms with Gasteiger partial charge in [-0.25, -0.2) is 9.78 Å². The third kappa shape index (κ3) is 4.44. The Kier molecular flexibility index (Phi) is 5.63. The molecule has 8 nitrogen and oxygen atoms in total. The fourth-order valence-corrected chi connectivity index (χ4v) is 3.56. The first-order valence-electron chi connectivity index (χ1n) is 9.27. The number of aliphatic hydroxyl groups is 1. The number of nitrogens with zero attached hydrogens (tertiary/aromatic N) is 4. The van der Waals surface area contributed by atoms with Crippen molar-refractivity contribution in [3.63, 3.8) is 0 Å². The van der Waals surface area contributed by atoms with E-state index < -0.39 is 11.7 Å². The van der Waals surface area contributed by atoms with Crippen molar-refractivity contribution in [2.45, 2.75) is 58.2 Å². The zero-order valence-corrected chi connectivity index (χ0v) is 17.2. The minimum absolute atomic E-state index is 0.102. The summed E-state index contributed by atoms with van der Waals surface area (Å²) in [4.78, 5) is 30.7. The zero-order valence-electron chi connectivity index (χ0n) is 16.5. The van der Waals surface area contributed by atoms with Gasteiger partial charge in [-0.2, -0.15) is 9.61 Å². The maximum atomic E-state index is 12.8. The molecule has 0 spiro atoms. The van der Waals surface area contributed by atoms with Crippen molar-refractivity contribution in [3.8, 4) is 0 Å². The molecule has 1 saturated carbocycles. The lowest BCUT2D eigenvalue weighted by Crippen LogP contribution is -2.35. The molecular formula is C19H25ClN4O4. The second-order valence-electron chi connectivity index (χ2n) is 8.23. The van der Waals surface area contributed by atoms with Crippen LogP contribution >= 0.6 is 11.6 Å². The zero-order chi connectivity index (χ0) is 20.6. The second kappa shape index (κ2) is 7.67. The number of amides is 1. The molecule has 2 atom stereocenters. The van der Waals surface area contributed by atoms with Crippen LogP contribution in [-0.4, -0.2) is 50.3 Å². The molecule has 1 fully saturated rings. The van der Waals surface area contributed by atoms with E-state index in [4.69, 9.17) is 16.3 Å². The van der Waals surface area contributed by atoms with E-state index in [2.05, 4.69) is 10.1 Å². The first kappa shape index (κ1) is 20.5. The molecule has 0 saturated heterocycles. The summed E-state index contributed by atoms with van der Waals surface area (Å²) in [6, 6.07) is 1.49. The summed E-state index contributed by atoms with van der Waals surface area (Å²) >= 11 is 6.15. The van der Waals surface area contributed by atoms with Crippen LogP contribution in [0.25, 0.3) is 5.65 Å². The molecule has 9 heteroatoms. The molecule has 1 amide bonds. The molecule has 152 valence electrons. The largest absolute Gasteiger partial charge is 0.443 e. The number of anilines is 1. The highest BCUT2D eigenvalue weighted by atomic mass is 35.5.